The predicted octanol–water partition coefficient (Wildman–Crippen LogP) is 5.33. The topological polar surface area (TPSA) is 42.4 Å². The van der Waals surface area contributed by atoms with Crippen LogP contribution in [0.4, 0.5) is 13.2 Å². The second-order valence-corrected chi connectivity index (χ2v) is 7.49. The summed E-state index contributed by atoms with van der Waals surface area (Å²) in [6.07, 6.45) is -1.29. The molecule has 2 heterocycles. The van der Waals surface area contributed by atoms with Crippen molar-refractivity contribution in [3.8, 4) is 5.75 Å². The molecular weight excluding hydrogens is 381 g/mol. The lowest BCUT2D eigenvalue weighted by molar-refractivity contribution is -0.137. The molecule has 4 nitrogen and oxygen atoms in total. The Labute approximate surface area is 168 Å². The molecule has 0 saturated carbocycles. The molecule has 0 radical (unpaired) electrons. The molecule has 3 rings (SSSR count). The zero-order valence-corrected chi connectivity index (χ0v) is 16.6. The zero-order chi connectivity index (χ0) is 21.0. The summed E-state index contributed by atoms with van der Waals surface area (Å²) in [6, 6.07) is 9.95. The van der Waals surface area contributed by atoms with E-state index in [4.69, 9.17) is 4.74 Å². The molecule has 1 aromatic heterocycles. The van der Waals surface area contributed by atoms with Crippen molar-refractivity contribution in [1.29, 1.82) is 0 Å². The second kappa shape index (κ2) is 8.84. The van der Waals surface area contributed by atoms with Crippen LogP contribution < -0.4 is 4.74 Å². The number of nitrogens with zero attached hydrogens (tertiary/aromatic N) is 2. The second-order valence-electron chi connectivity index (χ2n) is 7.49. The fourth-order valence-electron chi connectivity index (χ4n) is 3.54. The van der Waals surface area contributed by atoms with Crippen molar-refractivity contribution >= 4 is 5.91 Å². The van der Waals surface area contributed by atoms with Gasteiger partial charge in [0.05, 0.1) is 11.3 Å². The lowest BCUT2D eigenvalue weighted by Crippen LogP contribution is -2.45. The van der Waals surface area contributed by atoms with E-state index in [1.165, 1.54) is 12.1 Å². The summed E-state index contributed by atoms with van der Waals surface area (Å²) in [6.45, 7) is 4.89. The van der Waals surface area contributed by atoms with Gasteiger partial charge in [-0.05, 0) is 56.0 Å². The summed E-state index contributed by atoms with van der Waals surface area (Å²) < 4.78 is 43.9. The molecule has 7 heteroatoms. The first-order valence-electron chi connectivity index (χ1n) is 9.85. The van der Waals surface area contributed by atoms with E-state index < -0.39 is 11.7 Å². The van der Waals surface area contributed by atoms with Crippen LogP contribution in [0.2, 0.25) is 0 Å². The van der Waals surface area contributed by atoms with Crippen molar-refractivity contribution in [1.82, 2.24) is 9.88 Å². The maximum absolute atomic E-state index is 13.0. The molecule has 156 valence electrons. The number of benzene rings is 1. The number of aromatic nitrogens is 1. The van der Waals surface area contributed by atoms with E-state index in [-0.39, 0.29) is 24.3 Å². The van der Waals surface area contributed by atoms with Gasteiger partial charge >= 0.3 is 6.18 Å². The number of pyridine rings is 1. The van der Waals surface area contributed by atoms with Gasteiger partial charge in [-0.25, -0.2) is 4.98 Å². The fourth-order valence-corrected chi connectivity index (χ4v) is 3.54. The highest BCUT2D eigenvalue weighted by Crippen LogP contribution is 2.31. The first-order valence-corrected chi connectivity index (χ1v) is 9.85. The molecule has 1 amide bonds. The molecule has 2 atom stereocenters. The van der Waals surface area contributed by atoms with E-state index in [0.717, 1.165) is 37.9 Å². The Bertz CT molecular complexity index is 854. The largest absolute Gasteiger partial charge is 0.487 e. The van der Waals surface area contributed by atoms with Gasteiger partial charge in [-0.2, -0.15) is 13.2 Å². The highest BCUT2D eigenvalue weighted by atomic mass is 19.4. The van der Waals surface area contributed by atoms with Crippen molar-refractivity contribution in [2.24, 2.45) is 5.92 Å². The van der Waals surface area contributed by atoms with Crippen LogP contribution in [0.3, 0.4) is 0 Å². The summed E-state index contributed by atoms with van der Waals surface area (Å²) in [5.74, 6) is 0.493. The van der Waals surface area contributed by atoms with E-state index in [2.05, 4.69) is 11.9 Å². The van der Waals surface area contributed by atoms with E-state index in [1.54, 1.807) is 18.2 Å². The van der Waals surface area contributed by atoms with Crippen LogP contribution in [0.15, 0.2) is 42.5 Å². The predicted molar refractivity (Wildman–Crippen MR) is 104 cm³/mol. The van der Waals surface area contributed by atoms with Crippen molar-refractivity contribution in [3.63, 3.8) is 0 Å². The van der Waals surface area contributed by atoms with Gasteiger partial charge in [0.2, 0.25) is 0 Å². The lowest BCUT2D eigenvalue weighted by Gasteiger charge is -2.37. The number of rotatable bonds is 5. The van der Waals surface area contributed by atoms with Gasteiger partial charge in [0, 0.05) is 12.6 Å². The summed E-state index contributed by atoms with van der Waals surface area (Å²) in [7, 11) is 0. The Kier molecular flexibility index (Phi) is 6.45. The summed E-state index contributed by atoms with van der Waals surface area (Å²) in [5, 5.41) is 0. The molecule has 0 N–H and O–H groups in total. The van der Waals surface area contributed by atoms with Crippen LogP contribution in [0.25, 0.3) is 0 Å². The third-order valence-electron chi connectivity index (χ3n) is 5.39. The number of amides is 1. The molecule has 0 aliphatic carbocycles. The Hall–Kier alpha value is -2.57. The number of likely N-dealkylation sites (tertiary alicyclic amines) is 1. The smallest absolute Gasteiger partial charge is 0.416 e. The summed E-state index contributed by atoms with van der Waals surface area (Å²) in [5.41, 5.74) is 0.0557. The highest BCUT2D eigenvalue weighted by molar-refractivity contribution is 5.92. The lowest BCUT2D eigenvalue weighted by atomic mass is 9.91. The van der Waals surface area contributed by atoms with Gasteiger partial charge in [0.15, 0.2) is 0 Å². The number of carbonyl (C=O) groups is 1. The molecule has 29 heavy (non-hydrogen) atoms. The standard InChI is InChI=1S/C22H25F3N2O2/c1-3-16-11-10-15(2)27(13-16)21(28)20-9-5-7-18(26-20)14-29-19-8-4-6-17(12-19)22(23,24)25/h4-9,12,15-16H,3,10-11,13-14H2,1-2H3. The Morgan fingerprint density at radius 1 is 1.21 bits per heavy atom. The molecule has 1 aliphatic heterocycles. The number of alkyl halides is 3. The zero-order valence-electron chi connectivity index (χ0n) is 16.6. The number of hydrogen-bond donors (Lipinski definition) is 0. The third-order valence-corrected chi connectivity index (χ3v) is 5.39. The maximum Gasteiger partial charge on any atom is 0.416 e. The molecule has 1 aliphatic rings. The number of piperidine rings is 1. The Balaban J connectivity index is 1.69. The van der Waals surface area contributed by atoms with E-state index in [0.29, 0.717) is 17.3 Å². The van der Waals surface area contributed by atoms with Crippen LogP contribution in [-0.4, -0.2) is 28.4 Å². The average Bonchev–Trinajstić information content (AvgIpc) is 2.72. The first-order chi connectivity index (χ1) is 13.8. The van der Waals surface area contributed by atoms with Gasteiger partial charge < -0.3 is 9.64 Å². The van der Waals surface area contributed by atoms with Gasteiger partial charge in [0.1, 0.15) is 18.1 Å². The van der Waals surface area contributed by atoms with Crippen LogP contribution in [0.1, 0.15) is 54.9 Å². The summed E-state index contributed by atoms with van der Waals surface area (Å²) in [4.78, 5) is 19.2. The average molecular weight is 406 g/mol. The summed E-state index contributed by atoms with van der Waals surface area (Å²) >= 11 is 0. The van der Waals surface area contributed by atoms with Crippen LogP contribution >= 0.6 is 0 Å². The van der Waals surface area contributed by atoms with E-state index in [1.807, 2.05) is 11.8 Å². The van der Waals surface area contributed by atoms with Crippen LogP contribution in [0, 0.1) is 5.92 Å². The molecule has 1 saturated heterocycles. The molecular formula is C22H25F3N2O2. The van der Waals surface area contributed by atoms with E-state index in [9.17, 15) is 18.0 Å². The molecule has 0 spiro atoms. The van der Waals surface area contributed by atoms with Gasteiger partial charge in [-0.1, -0.05) is 25.5 Å². The minimum absolute atomic E-state index is 0.0183. The van der Waals surface area contributed by atoms with Crippen molar-refractivity contribution in [2.75, 3.05) is 6.54 Å². The number of hydrogen-bond acceptors (Lipinski definition) is 3. The number of halogens is 3. The monoisotopic (exact) mass is 406 g/mol. The molecule has 1 fully saturated rings. The third kappa shape index (κ3) is 5.28. The van der Waals surface area contributed by atoms with Gasteiger partial charge in [0.25, 0.3) is 5.91 Å². The molecule has 1 aromatic carbocycles. The van der Waals surface area contributed by atoms with Crippen LogP contribution in [-0.2, 0) is 12.8 Å². The van der Waals surface area contributed by atoms with Crippen LogP contribution in [0.5, 0.6) is 5.75 Å². The quantitative estimate of drug-likeness (QED) is 0.674. The van der Waals surface area contributed by atoms with Crippen molar-refractivity contribution < 1.29 is 22.7 Å². The molecule has 0 bridgehead atoms. The molecule has 2 unspecified atom stereocenters. The van der Waals surface area contributed by atoms with Crippen molar-refractivity contribution in [3.05, 3.63) is 59.4 Å². The SMILES string of the molecule is CCC1CCC(C)N(C(=O)c2cccc(COc3cccc(C(F)(F)F)c3)n2)C1. The first kappa shape index (κ1) is 21.1. The van der Waals surface area contributed by atoms with Gasteiger partial charge in [-0.3, -0.25) is 4.79 Å². The highest BCUT2D eigenvalue weighted by Gasteiger charge is 2.31. The Morgan fingerprint density at radius 2 is 1.97 bits per heavy atom. The van der Waals surface area contributed by atoms with E-state index >= 15 is 0 Å². The fraction of sp³-hybridized carbons (Fsp3) is 0.455. The number of carbonyl (C=O) groups excluding carboxylic acids is 1. The van der Waals surface area contributed by atoms with Crippen molar-refractivity contribution in [2.45, 2.75) is 51.9 Å². The number of ether oxygens (including phenoxy) is 1. The van der Waals surface area contributed by atoms with Gasteiger partial charge in [-0.15, -0.1) is 0 Å². The Morgan fingerprint density at radius 3 is 2.69 bits per heavy atom. The maximum atomic E-state index is 13.0. The minimum atomic E-state index is -4.43. The minimum Gasteiger partial charge on any atom is -0.487 e. The molecule has 2 aromatic rings. The normalized spacial score (nSPS) is 19.8.